The molecule has 0 aliphatic carbocycles. The molecule has 1 aromatic carbocycles. The van der Waals surface area contributed by atoms with Crippen molar-refractivity contribution in [3.63, 3.8) is 0 Å². The van der Waals surface area contributed by atoms with E-state index in [0.717, 1.165) is 49.1 Å². The molecule has 102 valence electrons. The number of carbonyl (C=O) groups excluding carboxylic acids is 1. The number of hydrogen-bond donors (Lipinski definition) is 1. The summed E-state index contributed by atoms with van der Waals surface area (Å²) in [4.78, 5) is 12.0. The van der Waals surface area contributed by atoms with Crippen LogP contribution in [0.5, 0.6) is 0 Å². The third-order valence-electron chi connectivity index (χ3n) is 4.14. The fourth-order valence-corrected chi connectivity index (χ4v) is 3.59. The molecule has 4 heteroatoms. The standard InChI is InChI=1S/C15H18BrNO2/c1-15(6-2-8-19-15)13(16)11-4-3-10-5-7-17-14(18)12(10)9-11/h3-4,9,13H,2,5-8H2,1H3,(H,17,18). The van der Waals surface area contributed by atoms with E-state index in [1.165, 1.54) is 0 Å². The van der Waals surface area contributed by atoms with Crippen LogP contribution in [0.25, 0.3) is 0 Å². The molecule has 0 bridgehead atoms. The maximum absolute atomic E-state index is 11.9. The maximum Gasteiger partial charge on any atom is 0.251 e. The fraction of sp³-hybridized carbons (Fsp3) is 0.533. The molecule has 1 fully saturated rings. The first-order valence-corrected chi connectivity index (χ1v) is 7.71. The Balaban J connectivity index is 1.93. The average molecular weight is 324 g/mol. The second kappa shape index (κ2) is 4.91. The number of fused-ring (bicyclic) bond motifs is 1. The topological polar surface area (TPSA) is 38.3 Å². The van der Waals surface area contributed by atoms with Gasteiger partial charge >= 0.3 is 0 Å². The molecule has 2 unspecified atom stereocenters. The van der Waals surface area contributed by atoms with Gasteiger partial charge in [-0.15, -0.1) is 0 Å². The largest absolute Gasteiger partial charge is 0.374 e. The molecule has 2 atom stereocenters. The van der Waals surface area contributed by atoms with Crippen LogP contribution in [0.3, 0.4) is 0 Å². The Morgan fingerprint density at radius 3 is 3.05 bits per heavy atom. The molecule has 3 rings (SSSR count). The molecular weight excluding hydrogens is 306 g/mol. The third-order valence-corrected chi connectivity index (χ3v) is 5.63. The Hall–Kier alpha value is -0.870. The van der Waals surface area contributed by atoms with Gasteiger partial charge in [0.05, 0.1) is 10.4 Å². The summed E-state index contributed by atoms with van der Waals surface area (Å²) >= 11 is 3.76. The first-order chi connectivity index (χ1) is 9.10. The zero-order chi connectivity index (χ0) is 13.5. The lowest BCUT2D eigenvalue weighted by atomic mass is 9.90. The highest BCUT2D eigenvalue weighted by atomic mass is 79.9. The Morgan fingerprint density at radius 2 is 2.32 bits per heavy atom. The number of benzene rings is 1. The highest BCUT2D eigenvalue weighted by molar-refractivity contribution is 9.09. The molecular formula is C15H18BrNO2. The van der Waals surface area contributed by atoms with Gasteiger partial charge in [0.25, 0.3) is 5.91 Å². The molecule has 0 aromatic heterocycles. The van der Waals surface area contributed by atoms with Gasteiger partial charge in [-0.2, -0.15) is 0 Å². The quantitative estimate of drug-likeness (QED) is 0.850. The van der Waals surface area contributed by atoms with Crippen molar-refractivity contribution in [1.82, 2.24) is 5.32 Å². The Morgan fingerprint density at radius 1 is 1.47 bits per heavy atom. The molecule has 19 heavy (non-hydrogen) atoms. The van der Waals surface area contributed by atoms with Crippen LogP contribution in [-0.4, -0.2) is 24.7 Å². The van der Waals surface area contributed by atoms with Crippen LogP contribution >= 0.6 is 15.9 Å². The van der Waals surface area contributed by atoms with Crippen molar-refractivity contribution in [2.45, 2.75) is 36.6 Å². The van der Waals surface area contributed by atoms with Gasteiger partial charge < -0.3 is 10.1 Å². The predicted molar refractivity (Wildman–Crippen MR) is 77.7 cm³/mol. The van der Waals surface area contributed by atoms with Gasteiger partial charge in [0, 0.05) is 18.7 Å². The average Bonchev–Trinajstić information content (AvgIpc) is 2.86. The van der Waals surface area contributed by atoms with Crippen LogP contribution < -0.4 is 5.32 Å². The van der Waals surface area contributed by atoms with E-state index in [0.29, 0.717) is 0 Å². The van der Waals surface area contributed by atoms with E-state index in [-0.39, 0.29) is 16.3 Å². The molecule has 2 heterocycles. The number of nitrogens with one attached hydrogen (secondary N) is 1. The summed E-state index contributed by atoms with van der Waals surface area (Å²) in [6.45, 7) is 3.70. The number of halogens is 1. The van der Waals surface area contributed by atoms with Gasteiger partial charge in [-0.3, -0.25) is 4.79 Å². The minimum absolute atomic E-state index is 0.0419. The lowest BCUT2D eigenvalue weighted by Crippen LogP contribution is -2.33. The molecule has 0 radical (unpaired) electrons. The molecule has 1 aromatic rings. The minimum atomic E-state index is -0.167. The highest BCUT2D eigenvalue weighted by Crippen LogP contribution is 2.43. The van der Waals surface area contributed by atoms with Crippen molar-refractivity contribution in [1.29, 1.82) is 0 Å². The van der Waals surface area contributed by atoms with E-state index in [4.69, 9.17) is 4.74 Å². The van der Waals surface area contributed by atoms with Gasteiger partial charge in [-0.25, -0.2) is 0 Å². The van der Waals surface area contributed by atoms with Crippen LogP contribution in [0.1, 0.15) is 46.1 Å². The molecule has 1 amide bonds. The van der Waals surface area contributed by atoms with E-state index >= 15 is 0 Å². The van der Waals surface area contributed by atoms with Gasteiger partial charge in [0.1, 0.15) is 0 Å². The first kappa shape index (κ1) is 13.1. The number of amides is 1. The number of rotatable bonds is 2. The number of carbonyl (C=O) groups is 1. The predicted octanol–water partition coefficient (Wildman–Crippen LogP) is 2.98. The second-order valence-electron chi connectivity index (χ2n) is 5.55. The van der Waals surface area contributed by atoms with Crippen LogP contribution in [0.4, 0.5) is 0 Å². The van der Waals surface area contributed by atoms with Crippen molar-refractivity contribution >= 4 is 21.8 Å². The number of alkyl halides is 1. The van der Waals surface area contributed by atoms with Gasteiger partial charge in [0.15, 0.2) is 0 Å². The maximum atomic E-state index is 11.9. The molecule has 0 spiro atoms. The van der Waals surface area contributed by atoms with Crippen LogP contribution in [0.15, 0.2) is 18.2 Å². The van der Waals surface area contributed by atoms with Crippen molar-refractivity contribution in [2.24, 2.45) is 0 Å². The highest BCUT2D eigenvalue weighted by Gasteiger charge is 2.38. The first-order valence-electron chi connectivity index (χ1n) is 6.79. The molecule has 1 saturated heterocycles. The Kier molecular flexibility index (Phi) is 3.39. The van der Waals surface area contributed by atoms with Crippen molar-refractivity contribution in [3.05, 3.63) is 34.9 Å². The summed E-state index contributed by atoms with van der Waals surface area (Å²) in [6, 6.07) is 6.20. The summed E-state index contributed by atoms with van der Waals surface area (Å²) < 4.78 is 5.88. The summed E-state index contributed by atoms with van der Waals surface area (Å²) in [6.07, 6.45) is 3.07. The smallest absolute Gasteiger partial charge is 0.251 e. The van der Waals surface area contributed by atoms with Gasteiger partial charge in [-0.05, 0) is 43.4 Å². The van der Waals surface area contributed by atoms with E-state index in [1.807, 2.05) is 6.07 Å². The van der Waals surface area contributed by atoms with Gasteiger partial charge in [-0.1, -0.05) is 28.1 Å². The van der Waals surface area contributed by atoms with Crippen LogP contribution in [0, 0.1) is 0 Å². The van der Waals surface area contributed by atoms with E-state index in [2.05, 4.69) is 40.3 Å². The van der Waals surface area contributed by atoms with Crippen LogP contribution in [0.2, 0.25) is 0 Å². The van der Waals surface area contributed by atoms with Gasteiger partial charge in [0.2, 0.25) is 0 Å². The molecule has 3 nitrogen and oxygen atoms in total. The summed E-state index contributed by atoms with van der Waals surface area (Å²) in [5.41, 5.74) is 2.92. The van der Waals surface area contributed by atoms with E-state index < -0.39 is 0 Å². The zero-order valence-electron chi connectivity index (χ0n) is 11.0. The third kappa shape index (κ3) is 2.32. The summed E-state index contributed by atoms with van der Waals surface area (Å²) in [5.74, 6) is 0.0419. The minimum Gasteiger partial charge on any atom is -0.374 e. The molecule has 2 aliphatic rings. The summed E-state index contributed by atoms with van der Waals surface area (Å²) in [5, 5.41) is 2.90. The molecule has 1 N–H and O–H groups in total. The lowest BCUT2D eigenvalue weighted by molar-refractivity contribution is 0.0197. The van der Waals surface area contributed by atoms with E-state index in [1.54, 1.807) is 0 Å². The molecule has 0 saturated carbocycles. The Labute approximate surface area is 121 Å². The molecule has 2 aliphatic heterocycles. The normalized spacial score (nSPS) is 27.8. The van der Waals surface area contributed by atoms with Crippen molar-refractivity contribution < 1.29 is 9.53 Å². The Bertz CT molecular complexity index is 509. The lowest BCUT2D eigenvalue weighted by Gasteiger charge is -2.30. The zero-order valence-corrected chi connectivity index (χ0v) is 12.6. The van der Waals surface area contributed by atoms with Crippen LogP contribution in [-0.2, 0) is 11.2 Å². The fourth-order valence-electron chi connectivity index (χ4n) is 2.94. The monoisotopic (exact) mass is 323 g/mol. The SMILES string of the molecule is CC1(C(Br)c2ccc3c(c2)C(=O)NCC3)CCCO1. The number of ether oxygens (including phenoxy) is 1. The van der Waals surface area contributed by atoms with E-state index in [9.17, 15) is 4.79 Å². The van der Waals surface area contributed by atoms with Crippen molar-refractivity contribution in [3.8, 4) is 0 Å². The summed E-state index contributed by atoms with van der Waals surface area (Å²) in [7, 11) is 0. The second-order valence-corrected chi connectivity index (χ2v) is 6.47. The number of hydrogen-bond acceptors (Lipinski definition) is 2. The van der Waals surface area contributed by atoms with Crippen molar-refractivity contribution in [2.75, 3.05) is 13.2 Å².